The molecule has 1 aliphatic rings. The topological polar surface area (TPSA) is 51.4 Å². The second kappa shape index (κ2) is 7.67. The van der Waals surface area contributed by atoms with E-state index in [0.717, 1.165) is 37.4 Å². The van der Waals surface area contributed by atoms with E-state index in [1.54, 1.807) is 0 Å². The first kappa shape index (κ1) is 16.8. The SMILES string of the molecule is CN(C)CCOc1ccc(-c2cccc(N)n2)c2c1CCCCC2. The highest BCUT2D eigenvalue weighted by molar-refractivity contribution is 5.69. The van der Waals surface area contributed by atoms with Gasteiger partial charge in [0.15, 0.2) is 0 Å². The van der Waals surface area contributed by atoms with Gasteiger partial charge in [0, 0.05) is 12.1 Å². The Morgan fingerprint density at radius 1 is 1.04 bits per heavy atom. The molecule has 0 unspecified atom stereocenters. The van der Waals surface area contributed by atoms with Gasteiger partial charge in [-0.25, -0.2) is 4.98 Å². The van der Waals surface area contributed by atoms with Crippen LogP contribution in [-0.4, -0.2) is 37.1 Å². The van der Waals surface area contributed by atoms with Gasteiger partial charge in [0.1, 0.15) is 18.2 Å². The number of benzene rings is 1. The third-order valence-electron chi connectivity index (χ3n) is 4.58. The van der Waals surface area contributed by atoms with E-state index >= 15 is 0 Å². The number of pyridine rings is 1. The average molecular weight is 325 g/mol. The Kier molecular flexibility index (Phi) is 5.36. The summed E-state index contributed by atoms with van der Waals surface area (Å²) >= 11 is 0. The van der Waals surface area contributed by atoms with Crippen LogP contribution in [0.1, 0.15) is 30.4 Å². The highest BCUT2D eigenvalue weighted by Gasteiger charge is 2.18. The summed E-state index contributed by atoms with van der Waals surface area (Å²) in [6, 6.07) is 10.1. The molecule has 0 bridgehead atoms. The molecule has 0 spiro atoms. The van der Waals surface area contributed by atoms with E-state index in [-0.39, 0.29) is 0 Å². The van der Waals surface area contributed by atoms with Crippen LogP contribution in [0.3, 0.4) is 0 Å². The molecule has 0 saturated carbocycles. The lowest BCUT2D eigenvalue weighted by Gasteiger charge is -2.18. The molecule has 1 heterocycles. The fourth-order valence-corrected chi connectivity index (χ4v) is 3.33. The standard InChI is InChI=1S/C20H27N3O/c1-23(2)13-14-24-19-12-11-16(18-9-6-10-20(21)22-18)15-7-4-3-5-8-17(15)19/h6,9-12H,3-5,7-8,13-14H2,1-2H3,(H2,21,22). The van der Waals surface area contributed by atoms with Crippen molar-refractivity contribution in [1.82, 2.24) is 9.88 Å². The molecule has 4 nitrogen and oxygen atoms in total. The lowest BCUT2D eigenvalue weighted by atomic mass is 9.94. The van der Waals surface area contributed by atoms with E-state index in [2.05, 4.69) is 36.1 Å². The van der Waals surface area contributed by atoms with Crippen LogP contribution in [0.15, 0.2) is 30.3 Å². The van der Waals surface area contributed by atoms with Gasteiger partial charge in [0.25, 0.3) is 0 Å². The van der Waals surface area contributed by atoms with Gasteiger partial charge in [0.05, 0.1) is 5.69 Å². The Bertz CT molecular complexity index is 697. The molecule has 0 fully saturated rings. The third kappa shape index (κ3) is 3.88. The maximum Gasteiger partial charge on any atom is 0.124 e. The minimum absolute atomic E-state index is 0.571. The summed E-state index contributed by atoms with van der Waals surface area (Å²) in [5.41, 5.74) is 10.8. The minimum atomic E-state index is 0.571. The Balaban J connectivity index is 1.96. The van der Waals surface area contributed by atoms with E-state index in [9.17, 15) is 0 Å². The van der Waals surface area contributed by atoms with Crippen molar-refractivity contribution in [3.63, 3.8) is 0 Å². The lowest BCUT2D eigenvalue weighted by Crippen LogP contribution is -2.20. The molecule has 2 aromatic rings. The number of nitrogens with zero attached hydrogens (tertiary/aromatic N) is 2. The number of hydrogen-bond acceptors (Lipinski definition) is 4. The zero-order valence-corrected chi connectivity index (χ0v) is 14.7. The van der Waals surface area contributed by atoms with Gasteiger partial charge < -0.3 is 15.4 Å². The Hall–Kier alpha value is -2.07. The average Bonchev–Trinajstić information content (AvgIpc) is 2.81. The largest absolute Gasteiger partial charge is 0.492 e. The van der Waals surface area contributed by atoms with E-state index in [1.165, 1.54) is 36.0 Å². The van der Waals surface area contributed by atoms with E-state index in [4.69, 9.17) is 10.5 Å². The van der Waals surface area contributed by atoms with Crippen LogP contribution in [0.5, 0.6) is 5.75 Å². The van der Waals surface area contributed by atoms with Gasteiger partial charge in [-0.3, -0.25) is 0 Å². The molecule has 4 heteroatoms. The lowest BCUT2D eigenvalue weighted by molar-refractivity contribution is 0.259. The first-order valence-corrected chi connectivity index (χ1v) is 8.80. The highest BCUT2D eigenvalue weighted by atomic mass is 16.5. The molecule has 1 aliphatic carbocycles. The van der Waals surface area contributed by atoms with Gasteiger partial charge in [0.2, 0.25) is 0 Å². The van der Waals surface area contributed by atoms with Crippen LogP contribution in [0.25, 0.3) is 11.3 Å². The van der Waals surface area contributed by atoms with Crippen molar-refractivity contribution in [2.24, 2.45) is 0 Å². The molecule has 128 valence electrons. The number of ether oxygens (including phenoxy) is 1. The Morgan fingerprint density at radius 2 is 1.83 bits per heavy atom. The molecule has 24 heavy (non-hydrogen) atoms. The second-order valence-corrected chi connectivity index (χ2v) is 6.73. The normalized spacial score (nSPS) is 14.3. The molecule has 2 N–H and O–H groups in total. The van der Waals surface area contributed by atoms with Crippen molar-refractivity contribution in [1.29, 1.82) is 0 Å². The number of aromatic nitrogens is 1. The zero-order valence-electron chi connectivity index (χ0n) is 14.7. The molecule has 0 saturated heterocycles. The van der Waals surface area contributed by atoms with Crippen molar-refractivity contribution in [2.75, 3.05) is 33.0 Å². The van der Waals surface area contributed by atoms with Gasteiger partial charge in [-0.1, -0.05) is 12.5 Å². The van der Waals surface area contributed by atoms with Crippen LogP contribution in [0.4, 0.5) is 5.82 Å². The fourth-order valence-electron chi connectivity index (χ4n) is 3.33. The molecule has 0 radical (unpaired) electrons. The number of fused-ring (bicyclic) bond motifs is 1. The van der Waals surface area contributed by atoms with Gasteiger partial charge in [-0.15, -0.1) is 0 Å². The zero-order chi connectivity index (χ0) is 16.9. The molecule has 1 aromatic carbocycles. The van der Waals surface area contributed by atoms with E-state index in [1.807, 2.05) is 18.2 Å². The molecule has 3 rings (SSSR count). The van der Waals surface area contributed by atoms with Gasteiger partial charge in [-0.05, 0) is 75.2 Å². The molecule has 0 amide bonds. The maximum absolute atomic E-state index is 6.10. The first-order chi connectivity index (χ1) is 11.6. The quantitative estimate of drug-likeness (QED) is 0.854. The van der Waals surface area contributed by atoms with E-state index < -0.39 is 0 Å². The van der Waals surface area contributed by atoms with Crippen LogP contribution < -0.4 is 10.5 Å². The number of hydrogen-bond donors (Lipinski definition) is 1. The summed E-state index contributed by atoms with van der Waals surface area (Å²) in [6.45, 7) is 1.64. The predicted molar refractivity (Wildman–Crippen MR) is 99.4 cm³/mol. The number of likely N-dealkylation sites (N-methyl/N-ethyl adjacent to an activating group) is 1. The summed E-state index contributed by atoms with van der Waals surface area (Å²) in [7, 11) is 4.14. The summed E-state index contributed by atoms with van der Waals surface area (Å²) in [5, 5.41) is 0. The van der Waals surface area contributed by atoms with Crippen molar-refractivity contribution < 1.29 is 4.74 Å². The van der Waals surface area contributed by atoms with Crippen LogP contribution in [0.2, 0.25) is 0 Å². The summed E-state index contributed by atoms with van der Waals surface area (Å²) in [4.78, 5) is 6.67. The van der Waals surface area contributed by atoms with E-state index in [0.29, 0.717) is 5.82 Å². The fraction of sp³-hybridized carbons (Fsp3) is 0.450. The predicted octanol–water partition coefficient (Wildman–Crippen LogP) is 3.54. The van der Waals surface area contributed by atoms with Crippen molar-refractivity contribution in [3.8, 4) is 17.0 Å². The monoisotopic (exact) mass is 325 g/mol. The van der Waals surface area contributed by atoms with Crippen LogP contribution in [-0.2, 0) is 12.8 Å². The highest BCUT2D eigenvalue weighted by Crippen LogP contribution is 2.36. The second-order valence-electron chi connectivity index (χ2n) is 6.73. The van der Waals surface area contributed by atoms with Crippen molar-refractivity contribution >= 4 is 5.82 Å². The molecular weight excluding hydrogens is 298 g/mol. The first-order valence-electron chi connectivity index (χ1n) is 8.80. The Morgan fingerprint density at radius 3 is 2.58 bits per heavy atom. The molecular formula is C20H27N3O. The van der Waals surface area contributed by atoms with Crippen LogP contribution >= 0.6 is 0 Å². The minimum Gasteiger partial charge on any atom is -0.492 e. The molecule has 1 aromatic heterocycles. The number of anilines is 1. The van der Waals surface area contributed by atoms with Crippen molar-refractivity contribution in [2.45, 2.75) is 32.1 Å². The maximum atomic E-state index is 6.10. The number of nitrogen functional groups attached to an aromatic ring is 1. The summed E-state index contributed by atoms with van der Waals surface area (Å²) < 4.78 is 6.10. The van der Waals surface area contributed by atoms with Crippen LogP contribution in [0, 0.1) is 0 Å². The Labute approximate surface area is 144 Å². The molecule has 0 atom stereocenters. The summed E-state index contributed by atoms with van der Waals surface area (Å²) in [6.07, 6.45) is 5.90. The van der Waals surface area contributed by atoms with Gasteiger partial charge >= 0.3 is 0 Å². The third-order valence-corrected chi connectivity index (χ3v) is 4.58. The van der Waals surface area contributed by atoms with Crippen molar-refractivity contribution in [3.05, 3.63) is 41.5 Å². The molecule has 0 aliphatic heterocycles. The van der Waals surface area contributed by atoms with Gasteiger partial charge in [-0.2, -0.15) is 0 Å². The number of nitrogens with two attached hydrogens (primary N) is 1. The number of rotatable bonds is 5. The smallest absolute Gasteiger partial charge is 0.124 e. The summed E-state index contributed by atoms with van der Waals surface area (Å²) in [5.74, 6) is 1.61.